The highest BCUT2D eigenvalue weighted by atomic mass is 35.5. The molecule has 10 rings (SSSR count). The first-order valence-corrected chi connectivity index (χ1v) is 33.5. The lowest BCUT2D eigenvalue weighted by molar-refractivity contribution is -0.136. The number of sulfone groups is 1. The Morgan fingerprint density at radius 3 is 2.16 bits per heavy atom. The number of hydrogen-bond acceptors (Lipinski definition) is 15. The molecule has 3 N–H and O–H groups in total. The normalized spacial score (nSPS) is 21.1. The average Bonchev–Trinajstić information content (AvgIpc) is 1.59. The van der Waals surface area contributed by atoms with Crippen LogP contribution in [0.2, 0.25) is 5.02 Å². The molecule has 0 radical (unpaired) electrons. The molecule has 5 aromatic rings. The van der Waals surface area contributed by atoms with Gasteiger partial charge in [0.2, 0.25) is 11.8 Å². The highest BCUT2D eigenvalue weighted by Gasteiger charge is 2.49. The maximum atomic E-state index is 15.7. The molecular weight excluding hydrogens is 1220 g/mol. The van der Waals surface area contributed by atoms with E-state index in [1.807, 2.05) is 61.0 Å². The van der Waals surface area contributed by atoms with Gasteiger partial charge >= 0.3 is 5.51 Å². The van der Waals surface area contributed by atoms with E-state index in [1.54, 1.807) is 12.1 Å². The lowest BCUT2D eigenvalue weighted by Crippen LogP contribution is -2.56. The largest absolute Gasteiger partial charge is 0.501 e. The summed E-state index contributed by atoms with van der Waals surface area (Å²) in [5.41, 5.74) is -1.62. The van der Waals surface area contributed by atoms with Crippen molar-refractivity contribution in [2.75, 3.05) is 68.3 Å². The summed E-state index contributed by atoms with van der Waals surface area (Å²) in [6.07, 6.45) is 3.17. The summed E-state index contributed by atoms with van der Waals surface area (Å²) in [5.74, 6) is -4.90. The number of rotatable bonds is 19. The summed E-state index contributed by atoms with van der Waals surface area (Å²) >= 11 is 7.59. The van der Waals surface area contributed by atoms with Gasteiger partial charge < -0.3 is 15.1 Å². The molecule has 0 saturated carbocycles. The predicted octanol–water partition coefficient (Wildman–Crippen LogP) is 9.64. The van der Waals surface area contributed by atoms with E-state index in [0.29, 0.717) is 54.3 Å². The maximum absolute atomic E-state index is 15.7. The maximum Gasteiger partial charge on any atom is 0.501 e. The molecule has 88 heavy (non-hydrogen) atoms. The van der Waals surface area contributed by atoms with E-state index in [1.165, 1.54) is 52.7 Å². The average molecular weight is 1290 g/mol. The van der Waals surface area contributed by atoms with E-state index in [4.69, 9.17) is 11.6 Å². The van der Waals surface area contributed by atoms with E-state index >= 15 is 4.39 Å². The first-order chi connectivity index (χ1) is 41.6. The number of hydrogen-bond donors (Lipinski definition) is 3. The van der Waals surface area contributed by atoms with Crippen LogP contribution in [0.1, 0.15) is 108 Å². The highest BCUT2D eigenvalue weighted by Crippen LogP contribution is 2.43. The van der Waals surface area contributed by atoms with Gasteiger partial charge in [0, 0.05) is 110 Å². The van der Waals surface area contributed by atoms with Crippen LogP contribution in [0.4, 0.5) is 28.9 Å². The van der Waals surface area contributed by atoms with Gasteiger partial charge in [0.25, 0.3) is 37.6 Å². The summed E-state index contributed by atoms with van der Waals surface area (Å²) in [4.78, 5) is 73.0. The van der Waals surface area contributed by atoms with Crippen molar-refractivity contribution in [3.8, 4) is 0 Å². The van der Waals surface area contributed by atoms with E-state index in [-0.39, 0.29) is 60.2 Å². The minimum Gasteiger partial charge on any atom is -0.380 e. The van der Waals surface area contributed by atoms with Crippen LogP contribution in [0, 0.1) is 11.2 Å². The van der Waals surface area contributed by atoms with Gasteiger partial charge in [-0.2, -0.15) is 13.2 Å². The van der Waals surface area contributed by atoms with Gasteiger partial charge in [-0.3, -0.25) is 44.0 Å². The standard InChI is InChI=1S/C63H69ClF4N8O9S3/c1-39-34-73(35-40(2)75(39)36-41-30-51-57(52(65)31-41)61(81)76(60(51)80)54-20-21-56(77)70-59(54)79)25-23-46(38-86-48-8-6-5-7-9-48)69-53-19-18-49(32-55(53)87(82,83)63(66,67)68)88(84,85)71-58(78)43-12-16-47(17-13-43)74-28-26-72(27-29-74)37-44-33-62(3,4)24-22-50(44)42-10-14-45(64)15-11-42/h5-19,30-32,39-40,46,54,69H,20-29,33-38H2,1-4H3,(H,71,78)(H,70,77,79). The van der Waals surface area contributed by atoms with Gasteiger partial charge in [0.15, 0.2) is 0 Å². The number of allylic oxidation sites excluding steroid dienone is 1. The zero-order valence-electron chi connectivity index (χ0n) is 49.0. The minimum absolute atomic E-state index is 0.0505. The Bertz CT molecular complexity index is 3760. The molecule has 3 saturated heterocycles. The first kappa shape index (κ1) is 64.3. The molecule has 4 unspecified atom stereocenters. The van der Waals surface area contributed by atoms with Gasteiger partial charge in [0.1, 0.15) is 16.8 Å². The molecule has 0 bridgehead atoms. The second kappa shape index (κ2) is 26.0. The van der Waals surface area contributed by atoms with Crippen LogP contribution in [0.25, 0.3) is 5.57 Å². The molecule has 1 aliphatic carbocycles. The number of amides is 5. The Hall–Kier alpha value is -6.67. The van der Waals surface area contributed by atoms with Gasteiger partial charge in [-0.1, -0.05) is 61.4 Å². The number of alkyl halides is 3. The van der Waals surface area contributed by atoms with E-state index < -0.39 is 93.8 Å². The van der Waals surface area contributed by atoms with Crippen molar-refractivity contribution in [2.45, 2.75) is 117 Å². The molecule has 5 amide bonds. The van der Waals surface area contributed by atoms with Crippen LogP contribution in [0.15, 0.2) is 129 Å². The molecule has 5 aromatic carbocycles. The van der Waals surface area contributed by atoms with Gasteiger partial charge in [-0.25, -0.2) is 25.9 Å². The van der Waals surface area contributed by atoms with Crippen LogP contribution in [0.3, 0.4) is 0 Å². The second-order valence-corrected chi connectivity index (χ2v) is 29.2. The zero-order chi connectivity index (χ0) is 63.0. The highest BCUT2D eigenvalue weighted by molar-refractivity contribution is 7.99. The Labute approximate surface area is 519 Å². The molecule has 468 valence electrons. The number of piperidine rings is 1. The topological polar surface area (TPSA) is 206 Å². The van der Waals surface area contributed by atoms with Crippen molar-refractivity contribution in [1.29, 1.82) is 0 Å². The number of fused-ring (bicyclic) bond motifs is 1. The van der Waals surface area contributed by atoms with Crippen LogP contribution in [-0.2, 0) is 36.0 Å². The molecular formula is C63H69ClF4N8O9S3. The fraction of sp³-hybridized carbons (Fsp3) is 0.413. The monoisotopic (exact) mass is 1290 g/mol. The lowest BCUT2D eigenvalue weighted by Gasteiger charge is -2.45. The minimum atomic E-state index is -6.20. The van der Waals surface area contributed by atoms with Crippen LogP contribution in [-0.4, -0.2) is 154 Å². The van der Waals surface area contributed by atoms with E-state index in [2.05, 4.69) is 56.2 Å². The molecule has 0 aromatic heterocycles. The van der Waals surface area contributed by atoms with Crippen molar-refractivity contribution in [3.05, 3.63) is 153 Å². The number of carbonyl (C=O) groups is 5. The van der Waals surface area contributed by atoms with Crippen molar-refractivity contribution < 1.29 is 58.4 Å². The Morgan fingerprint density at radius 2 is 1.50 bits per heavy atom. The smallest absolute Gasteiger partial charge is 0.380 e. The Morgan fingerprint density at radius 1 is 0.818 bits per heavy atom. The van der Waals surface area contributed by atoms with Crippen LogP contribution in [0.5, 0.6) is 0 Å². The summed E-state index contributed by atoms with van der Waals surface area (Å²) in [6.45, 7) is 13.8. The third-order valence-corrected chi connectivity index (χ3v) is 21.5. The number of nitrogens with one attached hydrogen (secondary N) is 3. The van der Waals surface area contributed by atoms with Crippen molar-refractivity contribution >= 4 is 89.7 Å². The predicted molar refractivity (Wildman–Crippen MR) is 329 cm³/mol. The number of thioether (sulfide) groups is 1. The number of piperazine rings is 2. The zero-order valence-corrected chi connectivity index (χ0v) is 52.2. The van der Waals surface area contributed by atoms with Crippen LogP contribution < -0.4 is 20.3 Å². The number of sulfonamides is 1. The SMILES string of the molecule is CC1CN(CCC(CSc2ccccc2)Nc2ccc(S(=O)(=O)NC(=O)c3ccc(N4CCN(CC5=C(c6ccc(Cl)cc6)CCC(C)(C)C5)CC4)cc3)cc2S(=O)(=O)C(F)(F)F)CC(C)N1Cc1cc(F)c2c(c1)C(=O)N(C1CCC(=O)NC1=O)C2=O. The number of carbonyl (C=O) groups excluding carboxylic acids is 5. The van der Waals surface area contributed by atoms with Gasteiger partial charge in [0.05, 0.1) is 21.7 Å². The molecule has 25 heteroatoms. The van der Waals surface area contributed by atoms with Gasteiger partial charge in [-0.15, -0.1) is 11.8 Å². The summed E-state index contributed by atoms with van der Waals surface area (Å²) < 4.78 is 116. The fourth-order valence-electron chi connectivity index (χ4n) is 12.5. The third-order valence-electron chi connectivity index (χ3n) is 17.2. The Kier molecular flexibility index (Phi) is 19.0. The fourth-order valence-corrected chi connectivity index (χ4v) is 15.7. The molecule has 0 spiro atoms. The summed E-state index contributed by atoms with van der Waals surface area (Å²) in [6, 6.07) is 26.1. The third kappa shape index (κ3) is 14.3. The molecule has 4 heterocycles. The number of nitrogens with zero attached hydrogens (tertiary/aromatic N) is 5. The number of halogens is 5. The van der Waals surface area contributed by atoms with E-state index in [0.717, 1.165) is 61.6 Å². The van der Waals surface area contributed by atoms with Crippen molar-refractivity contribution in [1.82, 2.24) is 29.6 Å². The molecule has 4 atom stereocenters. The van der Waals surface area contributed by atoms with Crippen LogP contribution >= 0.6 is 23.4 Å². The Balaban J connectivity index is 0.791. The number of imide groups is 2. The molecule has 17 nitrogen and oxygen atoms in total. The summed E-state index contributed by atoms with van der Waals surface area (Å²) in [7, 11) is -11.2. The summed E-state index contributed by atoms with van der Waals surface area (Å²) in [5, 5.41) is 5.83. The molecule has 5 aliphatic rings. The van der Waals surface area contributed by atoms with Crippen molar-refractivity contribution in [3.63, 3.8) is 0 Å². The quantitative estimate of drug-likeness (QED) is 0.0400. The van der Waals surface area contributed by atoms with Crippen molar-refractivity contribution in [2.24, 2.45) is 5.41 Å². The molecule has 4 aliphatic heterocycles. The number of benzene rings is 5. The lowest BCUT2D eigenvalue weighted by atomic mass is 9.73. The second-order valence-electron chi connectivity index (χ2n) is 24.1. The van der Waals surface area contributed by atoms with Gasteiger partial charge in [-0.05, 0) is 147 Å². The first-order valence-electron chi connectivity index (χ1n) is 29.2. The molecule has 3 fully saturated rings. The number of anilines is 2. The van der Waals surface area contributed by atoms with E-state index in [9.17, 15) is 54.0 Å².